The molecule has 0 radical (unpaired) electrons. The van der Waals surface area contributed by atoms with Crippen LogP contribution in [0.15, 0.2) is 30.3 Å². The zero-order valence-electron chi connectivity index (χ0n) is 14.0. The van der Waals surface area contributed by atoms with E-state index in [4.69, 9.17) is 21.1 Å². The lowest BCUT2D eigenvalue weighted by molar-refractivity contribution is -0.137. The topological polar surface area (TPSA) is 65.5 Å². The number of esters is 2. The second kappa shape index (κ2) is 9.34. The van der Waals surface area contributed by atoms with Crippen molar-refractivity contribution in [2.45, 2.75) is 19.8 Å². The minimum atomic E-state index is -0.566. The Kier molecular flexibility index (Phi) is 7.16. The van der Waals surface area contributed by atoms with Gasteiger partial charge in [0.15, 0.2) is 5.69 Å². The molecule has 25 heavy (non-hydrogen) atoms. The van der Waals surface area contributed by atoms with E-state index >= 15 is 0 Å². The Morgan fingerprint density at radius 1 is 1.36 bits per heavy atom. The van der Waals surface area contributed by atoms with E-state index in [2.05, 4.69) is 4.98 Å². The van der Waals surface area contributed by atoms with E-state index in [9.17, 15) is 9.59 Å². The van der Waals surface area contributed by atoms with Gasteiger partial charge in [-0.3, -0.25) is 0 Å². The van der Waals surface area contributed by atoms with Gasteiger partial charge in [0, 0.05) is 16.7 Å². The fraction of sp³-hybridized carbons (Fsp3) is 0.278. The molecule has 0 atom stereocenters. The maximum Gasteiger partial charge on any atom is 0.358 e. The number of methoxy groups -OCH3 is 1. The van der Waals surface area contributed by atoms with Gasteiger partial charge in [0.1, 0.15) is 5.01 Å². The standard InChI is InChI=1S/C18H18ClNO4S/c1-3-4-10-24-15(21)9-8-14-16(18(22)23-2)20-17(25-14)12-6-5-7-13(19)11-12/h5-9,11H,3-4,10H2,1-2H3/b9-8+. The number of aromatic nitrogens is 1. The fourth-order valence-corrected chi connectivity index (χ4v) is 3.08. The Morgan fingerprint density at radius 3 is 2.84 bits per heavy atom. The molecule has 132 valence electrons. The van der Waals surface area contributed by atoms with Crippen LogP contribution in [0.3, 0.4) is 0 Å². The second-order valence-corrected chi connectivity index (χ2v) is 6.56. The Balaban J connectivity index is 2.26. The van der Waals surface area contributed by atoms with Crippen molar-refractivity contribution in [1.29, 1.82) is 0 Å². The summed E-state index contributed by atoms with van der Waals surface area (Å²) in [6, 6.07) is 7.16. The molecule has 0 aliphatic rings. The van der Waals surface area contributed by atoms with Crippen LogP contribution in [0.2, 0.25) is 5.02 Å². The first-order valence-corrected chi connectivity index (χ1v) is 8.94. The highest BCUT2D eigenvalue weighted by atomic mass is 35.5. The number of ether oxygens (including phenoxy) is 2. The summed E-state index contributed by atoms with van der Waals surface area (Å²) in [4.78, 5) is 28.5. The molecular weight excluding hydrogens is 362 g/mol. The maximum absolute atomic E-state index is 11.9. The zero-order valence-corrected chi connectivity index (χ0v) is 15.5. The minimum Gasteiger partial charge on any atom is -0.464 e. The quantitative estimate of drug-likeness (QED) is 0.399. The van der Waals surface area contributed by atoms with Gasteiger partial charge >= 0.3 is 11.9 Å². The first-order chi connectivity index (χ1) is 12.0. The third-order valence-electron chi connectivity index (χ3n) is 3.22. The number of carbonyl (C=O) groups is 2. The molecule has 0 amide bonds. The molecule has 1 heterocycles. The summed E-state index contributed by atoms with van der Waals surface area (Å²) in [5, 5.41) is 1.19. The van der Waals surface area contributed by atoms with Gasteiger partial charge in [-0.15, -0.1) is 11.3 Å². The van der Waals surface area contributed by atoms with Gasteiger partial charge in [0.05, 0.1) is 18.6 Å². The van der Waals surface area contributed by atoms with Crippen LogP contribution in [0.4, 0.5) is 0 Å². The number of unbranched alkanes of at least 4 members (excludes halogenated alkanes) is 1. The van der Waals surface area contributed by atoms with Crippen LogP contribution in [0.5, 0.6) is 0 Å². The van der Waals surface area contributed by atoms with Crippen molar-refractivity contribution >= 4 is 41.0 Å². The number of hydrogen-bond acceptors (Lipinski definition) is 6. The van der Waals surface area contributed by atoms with Crippen LogP contribution in [0.1, 0.15) is 35.1 Å². The van der Waals surface area contributed by atoms with Crippen LogP contribution in [-0.4, -0.2) is 30.6 Å². The van der Waals surface area contributed by atoms with Gasteiger partial charge in [-0.25, -0.2) is 14.6 Å². The number of thiazole rings is 1. The molecule has 0 N–H and O–H groups in total. The predicted octanol–water partition coefficient (Wildman–Crippen LogP) is 4.61. The van der Waals surface area contributed by atoms with E-state index < -0.39 is 11.9 Å². The average molecular weight is 380 g/mol. The molecule has 0 spiro atoms. The number of nitrogens with zero attached hydrogens (tertiary/aromatic N) is 1. The number of benzene rings is 1. The van der Waals surface area contributed by atoms with Crippen LogP contribution in [0.25, 0.3) is 16.6 Å². The molecule has 1 aromatic carbocycles. The number of rotatable bonds is 7. The van der Waals surface area contributed by atoms with Crippen molar-refractivity contribution in [1.82, 2.24) is 4.98 Å². The van der Waals surface area contributed by atoms with Gasteiger partial charge in [-0.05, 0) is 24.6 Å². The monoisotopic (exact) mass is 379 g/mol. The molecule has 0 saturated heterocycles. The molecule has 0 fully saturated rings. The summed E-state index contributed by atoms with van der Waals surface area (Å²) in [5.41, 5.74) is 0.938. The average Bonchev–Trinajstić information content (AvgIpc) is 3.04. The first-order valence-electron chi connectivity index (χ1n) is 7.75. The van der Waals surface area contributed by atoms with E-state index in [1.165, 1.54) is 30.6 Å². The zero-order chi connectivity index (χ0) is 18.2. The summed E-state index contributed by atoms with van der Waals surface area (Å²) < 4.78 is 9.83. The fourth-order valence-electron chi connectivity index (χ4n) is 1.94. The van der Waals surface area contributed by atoms with Crippen molar-refractivity contribution in [3.63, 3.8) is 0 Å². The number of carbonyl (C=O) groups excluding carboxylic acids is 2. The molecule has 7 heteroatoms. The molecule has 0 unspecified atom stereocenters. The largest absolute Gasteiger partial charge is 0.464 e. The summed E-state index contributed by atoms with van der Waals surface area (Å²) in [6.07, 6.45) is 4.57. The molecule has 0 aliphatic carbocycles. The SMILES string of the molecule is CCCCOC(=O)/C=C/c1sc(-c2cccc(Cl)c2)nc1C(=O)OC. The van der Waals surface area contributed by atoms with Crippen molar-refractivity contribution in [2.24, 2.45) is 0 Å². The van der Waals surface area contributed by atoms with Gasteiger partial charge in [-0.2, -0.15) is 0 Å². The van der Waals surface area contributed by atoms with Gasteiger partial charge in [0.2, 0.25) is 0 Å². The van der Waals surface area contributed by atoms with Crippen molar-refractivity contribution < 1.29 is 19.1 Å². The van der Waals surface area contributed by atoms with E-state index in [0.29, 0.717) is 21.5 Å². The van der Waals surface area contributed by atoms with Gasteiger partial charge < -0.3 is 9.47 Å². The van der Waals surface area contributed by atoms with E-state index in [1.807, 2.05) is 13.0 Å². The highest BCUT2D eigenvalue weighted by Gasteiger charge is 2.18. The third kappa shape index (κ3) is 5.41. The molecular formula is C18H18ClNO4S. The first kappa shape index (κ1) is 19.1. The van der Waals surface area contributed by atoms with Crippen LogP contribution in [-0.2, 0) is 14.3 Å². The predicted molar refractivity (Wildman–Crippen MR) is 98.8 cm³/mol. The van der Waals surface area contributed by atoms with Crippen LogP contribution < -0.4 is 0 Å². The maximum atomic E-state index is 11.9. The highest BCUT2D eigenvalue weighted by molar-refractivity contribution is 7.16. The van der Waals surface area contributed by atoms with E-state index in [0.717, 1.165) is 18.4 Å². The Bertz CT molecular complexity index is 785. The lowest BCUT2D eigenvalue weighted by Gasteiger charge is -1.99. The summed E-state index contributed by atoms with van der Waals surface area (Å²) in [7, 11) is 1.28. The third-order valence-corrected chi connectivity index (χ3v) is 4.52. The number of halogens is 1. The Labute approximate surface area is 155 Å². The van der Waals surface area contributed by atoms with Gasteiger partial charge in [0.25, 0.3) is 0 Å². The Morgan fingerprint density at radius 2 is 2.16 bits per heavy atom. The lowest BCUT2D eigenvalue weighted by Crippen LogP contribution is -2.04. The van der Waals surface area contributed by atoms with Crippen molar-refractivity contribution in [3.8, 4) is 10.6 Å². The lowest BCUT2D eigenvalue weighted by atomic mass is 10.2. The molecule has 5 nitrogen and oxygen atoms in total. The summed E-state index contributed by atoms with van der Waals surface area (Å²) in [6.45, 7) is 2.39. The van der Waals surface area contributed by atoms with Crippen molar-refractivity contribution in [3.05, 3.63) is 45.9 Å². The number of hydrogen-bond donors (Lipinski definition) is 0. The normalized spacial score (nSPS) is 10.8. The summed E-state index contributed by atoms with van der Waals surface area (Å²) >= 11 is 7.27. The smallest absolute Gasteiger partial charge is 0.358 e. The molecule has 2 rings (SSSR count). The molecule has 1 aromatic heterocycles. The molecule has 0 bridgehead atoms. The summed E-state index contributed by atoms with van der Waals surface area (Å²) in [5.74, 6) is -1.02. The Hall–Kier alpha value is -2.18. The van der Waals surface area contributed by atoms with Crippen LogP contribution in [0, 0.1) is 0 Å². The van der Waals surface area contributed by atoms with E-state index in [1.54, 1.807) is 18.2 Å². The van der Waals surface area contributed by atoms with Crippen LogP contribution >= 0.6 is 22.9 Å². The van der Waals surface area contributed by atoms with E-state index in [-0.39, 0.29) is 5.69 Å². The highest BCUT2D eigenvalue weighted by Crippen LogP contribution is 2.31. The minimum absolute atomic E-state index is 0.153. The molecule has 2 aromatic rings. The second-order valence-electron chi connectivity index (χ2n) is 5.09. The molecule has 0 aliphatic heterocycles. The van der Waals surface area contributed by atoms with Crippen molar-refractivity contribution in [2.75, 3.05) is 13.7 Å². The van der Waals surface area contributed by atoms with Gasteiger partial charge in [-0.1, -0.05) is 37.1 Å². The molecule has 0 saturated carbocycles.